The number of nitrogens with zero attached hydrogens (tertiary/aromatic N) is 1. The van der Waals surface area contributed by atoms with E-state index in [2.05, 4.69) is 10.3 Å². The van der Waals surface area contributed by atoms with E-state index in [0.29, 0.717) is 18.4 Å². The average Bonchev–Trinajstić information content (AvgIpc) is 3.18. The number of Topliss-reactive ketones (excluding diaryl/α,β-unsaturated/α-hetero) is 1. The average molecular weight is 389 g/mol. The number of aromatic amines is 1. The molecule has 1 atom stereocenters. The van der Waals surface area contributed by atoms with Crippen LogP contribution in [0.25, 0.3) is 10.9 Å². The molecule has 29 heavy (non-hydrogen) atoms. The molecule has 0 aliphatic carbocycles. The van der Waals surface area contributed by atoms with Gasteiger partial charge in [-0.15, -0.1) is 0 Å². The lowest BCUT2D eigenvalue weighted by Crippen LogP contribution is -2.44. The molecule has 4 rings (SSSR count). The summed E-state index contributed by atoms with van der Waals surface area (Å²) in [6.45, 7) is 3.50. The largest absolute Gasteiger partial charge is 0.358 e. The lowest BCUT2D eigenvalue weighted by atomic mass is 9.85. The minimum atomic E-state index is -1.12. The zero-order valence-electron chi connectivity index (χ0n) is 16.5. The van der Waals surface area contributed by atoms with Gasteiger partial charge in [0.2, 0.25) is 0 Å². The Hall–Kier alpha value is -3.41. The summed E-state index contributed by atoms with van der Waals surface area (Å²) in [5, 5.41) is 3.66. The highest BCUT2D eigenvalue weighted by atomic mass is 16.2. The second-order valence-corrected chi connectivity index (χ2v) is 7.44. The Balaban J connectivity index is 1.67. The Morgan fingerprint density at radius 3 is 2.45 bits per heavy atom. The van der Waals surface area contributed by atoms with Crippen molar-refractivity contribution in [3.8, 4) is 0 Å². The van der Waals surface area contributed by atoms with Crippen molar-refractivity contribution in [3.63, 3.8) is 0 Å². The van der Waals surface area contributed by atoms with Crippen molar-refractivity contribution in [3.05, 3.63) is 71.4 Å². The van der Waals surface area contributed by atoms with Crippen molar-refractivity contribution in [1.29, 1.82) is 0 Å². The summed E-state index contributed by atoms with van der Waals surface area (Å²) in [5.41, 5.74) is 1.72. The highest BCUT2D eigenvalue weighted by Gasteiger charge is 2.52. The third-order valence-corrected chi connectivity index (χ3v) is 5.54. The highest BCUT2D eigenvalue weighted by molar-refractivity contribution is 6.15. The monoisotopic (exact) mass is 389 g/mol. The van der Waals surface area contributed by atoms with E-state index in [1.54, 1.807) is 0 Å². The molecule has 6 nitrogen and oxygen atoms in total. The highest BCUT2D eigenvalue weighted by Crippen LogP contribution is 2.34. The maximum absolute atomic E-state index is 13.4. The molecule has 148 valence electrons. The molecule has 1 aliphatic heterocycles. The van der Waals surface area contributed by atoms with E-state index < -0.39 is 11.6 Å². The third kappa shape index (κ3) is 3.01. The number of fused-ring (bicyclic) bond motifs is 1. The lowest BCUT2D eigenvalue weighted by Gasteiger charge is -2.26. The number of nitrogens with one attached hydrogen (secondary N) is 2. The molecule has 1 fully saturated rings. The number of ketones is 1. The van der Waals surface area contributed by atoms with Gasteiger partial charge in [0.25, 0.3) is 5.91 Å². The van der Waals surface area contributed by atoms with Gasteiger partial charge in [-0.3, -0.25) is 14.5 Å². The lowest BCUT2D eigenvalue weighted by molar-refractivity contribution is -0.131. The van der Waals surface area contributed by atoms with Gasteiger partial charge in [0.15, 0.2) is 5.78 Å². The van der Waals surface area contributed by atoms with Gasteiger partial charge in [-0.2, -0.15) is 0 Å². The quantitative estimate of drug-likeness (QED) is 0.495. The summed E-state index contributed by atoms with van der Waals surface area (Å²) >= 11 is 0. The van der Waals surface area contributed by atoms with E-state index in [-0.39, 0.29) is 18.2 Å². The zero-order valence-corrected chi connectivity index (χ0v) is 16.5. The van der Waals surface area contributed by atoms with Crippen molar-refractivity contribution in [2.75, 3.05) is 6.54 Å². The Morgan fingerprint density at radius 1 is 1.03 bits per heavy atom. The van der Waals surface area contributed by atoms with Crippen LogP contribution in [0.2, 0.25) is 0 Å². The van der Waals surface area contributed by atoms with Gasteiger partial charge in [0.05, 0.1) is 6.54 Å². The number of imide groups is 1. The molecular weight excluding hydrogens is 366 g/mol. The van der Waals surface area contributed by atoms with Crippen LogP contribution in [0, 0.1) is 6.92 Å². The fraction of sp³-hybridized carbons (Fsp3) is 0.261. The predicted octanol–water partition coefficient (Wildman–Crippen LogP) is 3.91. The second-order valence-electron chi connectivity index (χ2n) is 7.44. The maximum Gasteiger partial charge on any atom is 0.325 e. The Labute approximate surface area is 168 Å². The number of para-hydroxylation sites is 1. The topological polar surface area (TPSA) is 82.3 Å². The SMILES string of the molecule is CCC[C@@]1(c2ccccc2)NC(=O)N(CC(=O)c2c(C)[nH]c3ccccc23)C1=O. The van der Waals surface area contributed by atoms with Crippen LogP contribution in [0.15, 0.2) is 54.6 Å². The summed E-state index contributed by atoms with van der Waals surface area (Å²) in [4.78, 5) is 43.4. The Kier molecular flexibility index (Phi) is 4.70. The number of carbonyl (C=O) groups is 3. The molecular formula is C23H23N3O3. The fourth-order valence-electron chi connectivity index (χ4n) is 4.24. The molecule has 3 aromatic rings. The first kappa shape index (κ1) is 18.9. The van der Waals surface area contributed by atoms with Gasteiger partial charge in [-0.25, -0.2) is 4.79 Å². The normalized spacial score (nSPS) is 19.0. The minimum Gasteiger partial charge on any atom is -0.358 e. The van der Waals surface area contributed by atoms with Gasteiger partial charge in [0.1, 0.15) is 5.54 Å². The number of hydrogen-bond acceptors (Lipinski definition) is 3. The number of carbonyl (C=O) groups excluding carboxylic acids is 3. The number of aromatic nitrogens is 1. The van der Waals surface area contributed by atoms with Crippen LogP contribution in [-0.2, 0) is 10.3 Å². The number of rotatable bonds is 6. The molecule has 6 heteroatoms. The van der Waals surface area contributed by atoms with E-state index >= 15 is 0 Å². The molecule has 0 saturated carbocycles. The molecule has 0 unspecified atom stereocenters. The molecule has 0 bridgehead atoms. The zero-order chi connectivity index (χ0) is 20.6. The summed E-state index contributed by atoms with van der Waals surface area (Å²) < 4.78 is 0. The number of hydrogen-bond donors (Lipinski definition) is 2. The molecule has 2 heterocycles. The van der Waals surface area contributed by atoms with Crippen molar-refractivity contribution in [2.45, 2.75) is 32.2 Å². The molecule has 1 aromatic heterocycles. The molecule has 3 amide bonds. The van der Waals surface area contributed by atoms with E-state index in [9.17, 15) is 14.4 Å². The first-order valence-corrected chi connectivity index (χ1v) is 9.78. The van der Waals surface area contributed by atoms with Crippen molar-refractivity contribution >= 4 is 28.6 Å². The first-order valence-electron chi connectivity index (χ1n) is 9.78. The maximum atomic E-state index is 13.4. The number of H-pyrrole nitrogens is 1. The Morgan fingerprint density at radius 2 is 1.72 bits per heavy atom. The van der Waals surface area contributed by atoms with Crippen LogP contribution in [-0.4, -0.2) is 34.2 Å². The van der Waals surface area contributed by atoms with Gasteiger partial charge < -0.3 is 10.3 Å². The van der Waals surface area contributed by atoms with Crippen LogP contribution in [0.1, 0.15) is 41.4 Å². The van der Waals surface area contributed by atoms with E-state index in [1.807, 2.05) is 68.4 Å². The molecule has 1 saturated heterocycles. The van der Waals surface area contributed by atoms with Crippen molar-refractivity contribution < 1.29 is 14.4 Å². The minimum absolute atomic E-state index is 0.260. The fourth-order valence-corrected chi connectivity index (χ4v) is 4.24. The van der Waals surface area contributed by atoms with Gasteiger partial charge >= 0.3 is 6.03 Å². The smallest absolute Gasteiger partial charge is 0.325 e. The molecule has 2 aromatic carbocycles. The molecule has 0 spiro atoms. The second kappa shape index (κ2) is 7.20. The predicted molar refractivity (Wildman–Crippen MR) is 111 cm³/mol. The molecule has 0 radical (unpaired) electrons. The van der Waals surface area contributed by atoms with Gasteiger partial charge in [-0.1, -0.05) is 61.9 Å². The van der Waals surface area contributed by atoms with Crippen LogP contribution in [0.4, 0.5) is 4.79 Å². The van der Waals surface area contributed by atoms with E-state index in [4.69, 9.17) is 0 Å². The summed E-state index contributed by atoms with van der Waals surface area (Å²) in [7, 11) is 0. The Bertz CT molecular complexity index is 1100. The van der Waals surface area contributed by atoms with Crippen LogP contribution >= 0.6 is 0 Å². The number of urea groups is 1. The number of benzene rings is 2. The van der Waals surface area contributed by atoms with Crippen LogP contribution in [0.5, 0.6) is 0 Å². The van der Waals surface area contributed by atoms with Crippen molar-refractivity contribution in [2.24, 2.45) is 0 Å². The number of amides is 3. The standard InChI is InChI=1S/C23H23N3O3/c1-3-13-23(16-9-5-4-6-10-16)21(28)26(22(29)25-23)14-19(27)20-15(2)24-18-12-8-7-11-17(18)20/h4-12,24H,3,13-14H2,1-2H3,(H,25,29)/t23-/m0/s1. The summed E-state index contributed by atoms with van der Waals surface area (Å²) in [6.07, 6.45) is 1.18. The van der Waals surface area contributed by atoms with Gasteiger partial charge in [0, 0.05) is 22.2 Å². The van der Waals surface area contributed by atoms with Gasteiger partial charge in [-0.05, 0) is 25.0 Å². The molecule has 1 aliphatic rings. The summed E-state index contributed by atoms with van der Waals surface area (Å²) in [5.74, 6) is -0.634. The van der Waals surface area contributed by atoms with E-state index in [1.165, 1.54) is 0 Å². The first-order chi connectivity index (χ1) is 14.0. The third-order valence-electron chi connectivity index (χ3n) is 5.54. The summed E-state index contributed by atoms with van der Waals surface area (Å²) in [6, 6.07) is 16.2. The van der Waals surface area contributed by atoms with E-state index in [0.717, 1.165) is 27.1 Å². The molecule has 2 N–H and O–H groups in total. The van der Waals surface area contributed by atoms with Crippen molar-refractivity contribution in [1.82, 2.24) is 15.2 Å². The van der Waals surface area contributed by atoms with Crippen LogP contribution in [0.3, 0.4) is 0 Å². The number of aryl methyl sites for hydroxylation is 1. The van der Waals surface area contributed by atoms with Crippen LogP contribution < -0.4 is 5.32 Å².